The molecule has 1 amide bonds. The van der Waals surface area contributed by atoms with Gasteiger partial charge >= 0.3 is 0 Å². The van der Waals surface area contributed by atoms with Crippen molar-refractivity contribution in [1.82, 2.24) is 9.88 Å². The summed E-state index contributed by atoms with van der Waals surface area (Å²) >= 11 is 0. The number of nitrogens with zero attached hydrogens (tertiary/aromatic N) is 4. The van der Waals surface area contributed by atoms with Crippen molar-refractivity contribution in [1.29, 1.82) is 0 Å². The van der Waals surface area contributed by atoms with E-state index in [0.717, 1.165) is 63.5 Å². The minimum Gasteiger partial charge on any atom is -0.368 e. The third-order valence-electron chi connectivity index (χ3n) is 5.07. The van der Waals surface area contributed by atoms with Crippen molar-refractivity contribution in [3.63, 3.8) is 0 Å². The van der Waals surface area contributed by atoms with Crippen molar-refractivity contribution in [2.24, 2.45) is 0 Å². The molecule has 0 spiro atoms. The van der Waals surface area contributed by atoms with Crippen molar-refractivity contribution < 1.29 is 9.18 Å². The summed E-state index contributed by atoms with van der Waals surface area (Å²) in [5.74, 6) is -0.202. The molecular formula is C22H29FN4O. The lowest BCUT2D eigenvalue weighted by atomic mass is 10.2. The molecule has 0 saturated carbocycles. The fourth-order valence-corrected chi connectivity index (χ4v) is 3.62. The standard InChI is InChI=1S/C22H29FN4O/c1-3-11-27(12-4-2)22(28)21-17-20(9-10-24-21)26-15-13-25(14-16-26)19-7-5-18(23)6-8-19/h5-10,17H,3-4,11-16H2,1-2H3. The maximum atomic E-state index is 13.1. The van der Waals surface area contributed by atoms with Gasteiger partial charge < -0.3 is 14.7 Å². The minimum absolute atomic E-state index is 0.00972. The summed E-state index contributed by atoms with van der Waals surface area (Å²) < 4.78 is 13.1. The van der Waals surface area contributed by atoms with Gasteiger partial charge in [-0.15, -0.1) is 0 Å². The van der Waals surface area contributed by atoms with Gasteiger partial charge in [-0.2, -0.15) is 0 Å². The number of halogens is 1. The summed E-state index contributed by atoms with van der Waals surface area (Å²) in [7, 11) is 0. The lowest BCUT2D eigenvalue weighted by molar-refractivity contribution is 0.0749. The van der Waals surface area contributed by atoms with Crippen LogP contribution in [0, 0.1) is 5.82 Å². The van der Waals surface area contributed by atoms with Crippen LogP contribution in [0.25, 0.3) is 0 Å². The Morgan fingerprint density at radius 3 is 2.11 bits per heavy atom. The highest BCUT2D eigenvalue weighted by atomic mass is 19.1. The molecule has 0 radical (unpaired) electrons. The van der Waals surface area contributed by atoms with Crippen molar-refractivity contribution in [2.75, 3.05) is 49.1 Å². The monoisotopic (exact) mass is 384 g/mol. The van der Waals surface area contributed by atoms with Gasteiger partial charge in [0.25, 0.3) is 5.91 Å². The van der Waals surface area contributed by atoms with Crippen LogP contribution in [-0.2, 0) is 0 Å². The number of pyridine rings is 1. The molecular weight excluding hydrogens is 355 g/mol. The van der Waals surface area contributed by atoms with Crippen LogP contribution in [-0.4, -0.2) is 55.1 Å². The summed E-state index contributed by atoms with van der Waals surface area (Å²) in [5.41, 5.74) is 2.59. The molecule has 0 bridgehead atoms. The van der Waals surface area contributed by atoms with E-state index in [1.165, 1.54) is 12.1 Å². The predicted octanol–water partition coefficient (Wildman–Crippen LogP) is 3.81. The predicted molar refractivity (Wildman–Crippen MR) is 112 cm³/mol. The largest absolute Gasteiger partial charge is 0.368 e. The van der Waals surface area contributed by atoms with Crippen LogP contribution in [0.2, 0.25) is 0 Å². The molecule has 2 heterocycles. The Balaban J connectivity index is 1.66. The van der Waals surface area contributed by atoms with Crippen LogP contribution >= 0.6 is 0 Å². The van der Waals surface area contributed by atoms with Gasteiger partial charge in [-0.25, -0.2) is 4.39 Å². The van der Waals surface area contributed by atoms with Crippen molar-refractivity contribution in [2.45, 2.75) is 26.7 Å². The molecule has 3 rings (SSSR count). The molecule has 0 atom stereocenters. The van der Waals surface area contributed by atoms with Gasteiger partial charge in [0.05, 0.1) is 0 Å². The summed E-state index contributed by atoms with van der Waals surface area (Å²) in [5, 5.41) is 0. The fourth-order valence-electron chi connectivity index (χ4n) is 3.62. The van der Waals surface area contributed by atoms with Gasteiger partial charge in [0.15, 0.2) is 0 Å². The Hall–Kier alpha value is -2.63. The molecule has 2 aromatic rings. The van der Waals surface area contributed by atoms with E-state index in [9.17, 15) is 9.18 Å². The number of carbonyl (C=O) groups excluding carboxylic acids is 1. The number of hydrogen-bond donors (Lipinski definition) is 0. The summed E-state index contributed by atoms with van der Waals surface area (Å²) in [4.78, 5) is 23.6. The summed E-state index contributed by atoms with van der Waals surface area (Å²) in [6.07, 6.45) is 3.61. The molecule has 1 saturated heterocycles. The Morgan fingerprint density at radius 1 is 0.964 bits per heavy atom. The highest BCUT2D eigenvalue weighted by molar-refractivity contribution is 5.93. The van der Waals surface area contributed by atoms with Crippen LogP contribution in [0.15, 0.2) is 42.6 Å². The molecule has 1 aromatic heterocycles. The van der Waals surface area contributed by atoms with E-state index in [0.29, 0.717) is 5.69 Å². The molecule has 1 aliphatic heterocycles. The first-order valence-corrected chi connectivity index (χ1v) is 10.1. The van der Waals surface area contributed by atoms with E-state index < -0.39 is 0 Å². The van der Waals surface area contributed by atoms with Gasteiger partial charge in [0.2, 0.25) is 0 Å². The molecule has 0 N–H and O–H groups in total. The Morgan fingerprint density at radius 2 is 1.54 bits per heavy atom. The third-order valence-corrected chi connectivity index (χ3v) is 5.07. The fraction of sp³-hybridized carbons (Fsp3) is 0.455. The zero-order valence-electron chi connectivity index (χ0n) is 16.8. The quantitative estimate of drug-likeness (QED) is 0.728. The van der Waals surface area contributed by atoms with Crippen molar-refractivity contribution in [3.8, 4) is 0 Å². The van der Waals surface area contributed by atoms with E-state index in [1.807, 2.05) is 29.2 Å². The Kier molecular flexibility index (Phi) is 6.85. The third kappa shape index (κ3) is 4.80. The zero-order valence-corrected chi connectivity index (χ0v) is 16.8. The highest BCUT2D eigenvalue weighted by Gasteiger charge is 2.20. The van der Waals surface area contributed by atoms with E-state index in [2.05, 4.69) is 28.6 Å². The lowest BCUT2D eigenvalue weighted by Crippen LogP contribution is -2.46. The first-order chi connectivity index (χ1) is 13.6. The number of amides is 1. The number of aromatic nitrogens is 1. The molecule has 150 valence electrons. The second-order valence-electron chi connectivity index (χ2n) is 7.14. The van der Waals surface area contributed by atoms with Gasteiger partial charge in [-0.05, 0) is 49.2 Å². The minimum atomic E-state index is -0.212. The number of benzene rings is 1. The topological polar surface area (TPSA) is 39.7 Å². The SMILES string of the molecule is CCCN(CCC)C(=O)c1cc(N2CCN(c3ccc(F)cc3)CC2)ccn1. The molecule has 0 unspecified atom stereocenters. The van der Waals surface area contributed by atoms with Crippen LogP contribution in [0.5, 0.6) is 0 Å². The first-order valence-electron chi connectivity index (χ1n) is 10.1. The van der Waals surface area contributed by atoms with Crippen molar-refractivity contribution in [3.05, 3.63) is 54.1 Å². The van der Waals surface area contributed by atoms with Gasteiger partial charge in [0.1, 0.15) is 11.5 Å². The van der Waals surface area contributed by atoms with Crippen LogP contribution in [0.1, 0.15) is 37.2 Å². The van der Waals surface area contributed by atoms with Crippen LogP contribution < -0.4 is 9.80 Å². The zero-order chi connectivity index (χ0) is 19.9. The first kappa shape index (κ1) is 20.1. The number of rotatable bonds is 7. The Labute approximate surface area is 166 Å². The molecule has 5 nitrogen and oxygen atoms in total. The van der Waals surface area contributed by atoms with Gasteiger partial charge in [0, 0.05) is 56.8 Å². The Bertz CT molecular complexity index is 766. The average Bonchev–Trinajstić information content (AvgIpc) is 2.74. The normalized spacial score (nSPS) is 14.2. The molecule has 28 heavy (non-hydrogen) atoms. The molecule has 1 fully saturated rings. The van der Waals surface area contributed by atoms with E-state index >= 15 is 0 Å². The van der Waals surface area contributed by atoms with E-state index in [-0.39, 0.29) is 11.7 Å². The maximum absolute atomic E-state index is 13.1. The molecule has 6 heteroatoms. The second kappa shape index (κ2) is 9.53. The summed E-state index contributed by atoms with van der Waals surface area (Å²) in [6.45, 7) is 9.10. The smallest absolute Gasteiger partial charge is 0.272 e. The molecule has 1 aromatic carbocycles. The van der Waals surface area contributed by atoms with Gasteiger partial charge in [-0.3, -0.25) is 9.78 Å². The average molecular weight is 384 g/mol. The van der Waals surface area contributed by atoms with Crippen LogP contribution in [0.4, 0.5) is 15.8 Å². The van der Waals surface area contributed by atoms with Crippen LogP contribution in [0.3, 0.4) is 0 Å². The number of piperazine rings is 1. The highest BCUT2D eigenvalue weighted by Crippen LogP contribution is 2.21. The summed E-state index contributed by atoms with van der Waals surface area (Å²) in [6, 6.07) is 10.5. The number of anilines is 2. The number of hydrogen-bond acceptors (Lipinski definition) is 4. The van der Waals surface area contributed by atoms with E-state index in [1.54, 1.807) is 6.20 Å². The molecule has 0 aliphatic carbocycles. The lowest BCUT2D eigenvalue weighted by Gasteiger charge is -2.37. The van der Waals surface area contributed by atoms with E-state index in [4.69, 9.17) is 0 Å². The maximum Gasteiger partial charge on any atom is 0.272 e. The number of carbonyl (C=O) groups is 1. The second-order valence-corrected chi connectivity index (χ2v) is 7.14. The van der Waals surface area contributed by atoms with Crippen molar-refractivity contribution >= 4 is 17.3 Å². The van der Waals surface area contributed by atoms with Gasteiger partial charge in [-0.1, -0.05) is 13.8 Å². The molecule has 1 aliphatic rings.